The van der Waals surface area contributed by atoms with Crippen LogP contribution in [0.25, 0.3) is 0 Å². The Morgan fingerprint density at radius 3 is 2.61 bits per heavy atom. The highest BCUT2D eigenvalue weighted by atomic mass is 32.2. The number of piperidine rings is 1. The Morgan fingerprint density at radius 2 is 1.91 bits per heavy atom. The molecule has 2 saturated heterocycles. The van der Waals surface area contributed by atoms with Gasteiger partial charge in [0.05, 0.1) is 11.8 Å². The third kappa shape index (κ3) is 3.85. The van der Waals surface area contributed by atoms with Gasteiger partial charge in [-0.2, -0.15) is 0 Å². The van der Waals surface area contributed by atoms with E-state index in [4.69, 9.17) is 4.74 Å². The largest absolute Gasteiger partial charge is 0.381 e. The molecule has 0 aromatic carbocycles. The molecule has 2 aliphatic rings. The Hall–Kier alpha value is -1.15. The maximum atomic E-state index is 12.6. The summed E-state index contributed by atoms with van der Waals surface area (Å²) in [5, 5.41) is 12.7. The molecule has 0 aliphatic carbocycles. The minimum Gasteiger partial charge on any atom is -0.381 e. The van der Waals surface area contributed by atoms with Gasteiger partial charge in [0.15, 0.2) is 0 Å². The number of aromatic nitrogens is 4. The Balaban J connectivity index is 1.60. The summed E-state index contributed by atoms with van der Waals surface area (Å²) in [6, 6.07) is 0.945. The minimum absolute atomic E-state index is 0.191. The van der Waals surface area contributed by atoms with Gasteiger partial charge in [-0.25, -0.2) is 4.68 Å². The van der Waals surface area contributed by atoms with Crippen LogP contribution in [-0.2, 0) is 9.53 Å². The standard InChI is InChI=1S/C15H25N5O2S/c1-11-4-3-5-12(2)19(11)14(21)10-23-15-16-17-18-20(15)13-6-8-22-9-7-13/h11-13H,3-10H2,1-2H3/t11-,12-/m1/s1. The molecule has 0 spiro atoms. The van der Waals surface area contributed by atoms with Crippen molar-refractivity contribution in [2.75, 3.05) is 19.0 Å². The lowest BCUT2D eigenvalue weighted by Crippen LogP contribution is -2.48. The van der Waals surface area contributed by atoms with E-state index >= 15 is 0 Å². The lowest BCUT2D eigenvalue weighted by Gasteiger charge is -2.39. The fourth-order valence-corrected chi connectivity index (χ4v) is 4.37. The predicted octanol–water partition coefficient (Wildman–Crippen LogP) is 1.91. The molecule has 2 atom stereocenters. The molecule has 0 radical (unpaired) electrons. The SMILES string of the molecule is C[C@@H]1CCC[C@@H](C)N1C(=O)CSc1nnnn1C1CCOCC1. The van der Waals surface area contributed by atoms with E-state index in [1.807, 2.05) is 9.58 Å². The topological polar surface area (TPSA) is 73.1 Å². The van der Waals surface area contributed by atoms with E-state index in [0.29, 0.717) is 17.8 Å². The second kappa shape index (κ2) is 7.61. The van der Waals surface area contributed by atoms with Crippen LogP contribution in [0.2, 0.25) is 0 Å². The summed E-state index contributed by atoms with van der Waals surface area (Å²) in [4.78, 5) is 14.6. The van der Waals surface area contributed by atoms with Crippen molar-refractivity contribution in [1.29, 1.82) is 0 Å². The molecule has 1 aromatic heterocycles. The number of carbonyl (C=O) groups is 1. The fraction of sp³-hybridized carbons (Fsp3) is 0.867. The molecule has 1 amide bonds. The first-order valence-electron chi connectivity index (χ1n) is 8.46. The van der Waals surface area contributed by atoms with Crippen molar-refractivity contribution >= 4 is 17.7 Å². The molecular formula is C15H25N5O2S. The first kappa shape index (κ1) is 16.7. The zero-order chi connectivity index (χ0) is 16.2. The second-order valence-electron chi connectivity index (χ2n) is 6.47. The van der Waals surface area contributed by atoms with Crippen LogP contribution in [0.3, 0.4) is 0 Å². The molecule has 7 nitrogen and oxygen atoms in total. The van der Waals surface area contributed by atoms with E-state index in [1.165, 1.54) is 18.2 Å². The maximum absolute atomic E-state index is 12.6. The zero-order valence-electron chi connectivity index (χ0n) is 13.8. The predicted molar refractivity (Wildman–Crippen MR) is 87.3 cm³/mol. The number of nitrogens with zero attached hydrogens (tertiary/aromatic N) is 5. The Labute approximate surface area is 141 Å². The molecule has 3 rings (SSSR count). The lowest BCUT2D eigenvalue weighted by molar-refractivity contribution is -0.134. The number of tetrazole rings is 1. The summed E-state index contributed by atoms with van der Waals surface area (Å²) in [7, 11) is 0. The summed E-state index contributed by atoms with van der Waals surface area (Å²) in [5.74, 6) is 0.592. The average molecular weight is 339 g/mol. The van der Waals surface area contributed by atoms with Crippen LogP contribution < -0.4 is 0 Å². The van der Waals surface area contributed by atoms with Crippen LogP contribution in [0.1, 0.15) is 52.0 Å². The molecule has 3 heterocycles. The van der Waals surface area contributed by atoms with Gasteiger partial charge in [0.1, 0.15) is 0 Å². The van der Waals surface area contributed by atoms with E-state index < -0.39 is 0 Å². The van der Waals surface area contributed by atoms with Crippen molar-refractivity contribution in [2.24, 2.45) is 0 Å². The molecule has 0 bridgehead atoms. The van der Waals surface area contributed by atoms with Gasteiger partial charge in [-0.1, -0.05) is 11.8 Å². The average Bonchev–Trinajstić information content (AvgIpc) is 3.02. The van der Waals surface area contributed by atoms with Crippen molar-refractivity contribution in [3.05, 3.63) is 0 Å². The van der Waals surface area contributed by atoms with Gasteiger partial charge in [-0.15, -0.1) is 5.10 Å². The summed E-state index contributed by atoms with van der Waals surface area (Å²) >= 11 is 1.45. The normalized spacial score (nSPS) is 26.4. The van der Waals surface area contributed by atoms with Crippen LogP contribution in [0.5, 0.6) is 0 Å². The Kier molecular flexibility index (Phi) is 5.53. The molecule has 2 aliphatic heterocycles. The van der Waals surface area contributed by atoms with E-state index in [2.05, 4.69) is 29.4 Å². The van der Waals surface area contributed by atoms with Gasteiger partial charge in [0, 0.05) is 25.3 Å². The Bertz CT molecular complexity index is 522. The van der Waals surface area contributed by atoms with Gasteiger partial charge in [-0.3, -0.25) is 4.79 Å². The Morgan fingerprint density at radius 1 is 1.22 bits per heavy atom. The van der Waals surface area contributed by atoms with Crippen LogP contribution in [-0.4, -0.2) is 62.1 Å². The van der Waals surface area contributed by atoms with Crippen molar-refractivity contribution in [3.8, 4) is 0 Å². The van der Waals surface area contributed by atoms with Crippen LogP contribution >= 0.6 is 11.8 Å². The number of hydrogen-bond acceptors (Lipinski definition) is 6. The quantitative estimate of drug-likeness (QED) is 0.780. The van der Waals surface area contributed by atoms with Crippen molar-refractivity contribution in [3.63, 3.8) is 0 Å². The van der Waals surface area contributed by atoms with E-state index in [9.17, 15) is 4.79 Å². The third-order valence-electron chi connectivity index (χ3n) is 4.81. The zero-order valence-corrected chi connectivity index (χ0v) is 14.7. The summed E-state index contributed by atoms with van der Waals surface area (Å²) in [5.41, 5.74) is 0. The highest BCUT2D eigenvalue weighted by molar-refractivity contribution is 7.99. The molecule has 128 valence electrons. The number of ether oxygens (including phenoxy) is 1. The smallest absolute Gasteiger partial charge is 0.233 e. The molecule has 2 fully saturated rings. The molecule has 23 heavy (non-hydrogen) atoms. The van der Waals surface area contributed by atoms with Crippen molar-refractivity contribution in [2.45, 2.75) is 69.2 Å². The van der Waals surface area contributed by atoms with Gasteiger partial charge in [0.2, 0.25) is 11.1 Å². The van der Waals surface area contributed by atoms with Crippen molar-refractivity contribution in [1.82, 2.24) is 25.1 Å². The number of amides is 1. The van der Waals surface area contributed by atoms with Crippen LogP contribution in [0.15, 0.2) is 5.16 Å². The number of rotatable bonds is 4. The molecule has 0 N–H and O–H groups in total. The number of thioether (sulfide) groups is 1. The molecular weight excluding hydrogens is 314 g/mol. The fourth-order valence-electron chi connectivity index (χ4n) is 3.55. The van der Waals surface area contributed by atoms with E-state index in [0.717, 1.165) is 44.1 Å². The molecule has 0 unspecified atom stereocenters. The molecule has 1 aromatic rings. The van der Waals surface area contributed by atoms with Gasteiger partial charge in [0.25, 0.3) is 0 Å². The van der Waals surface area contributed by atoms with Gasteiger partial charge >= 0.3 is 0 Å². The maximum Gasteiger partial charge on any atom is 0.233 e. The summed E-state index contributed by atoms with van der Waals surface area (Å²) < 4.78 is 7.25. The second-order valence-corrected chi connectivity index (χ2v) is 7.41. The van der Waals surface area contributed by atoms with Crippen molar-refractivity contribution < 1.29 is 9.53 Å². The summed E-state index contributed by atoms with van der Waals surface area (Å²) in [6.07, 6.45) is 5.25. The molecule has 8 heteroatoms. The number of hydrogen-bond donors (Lipinski definition) is 0. The van der Waals surface area contributed by atoms with Gasteiger partial charge < -0.3 is 9.64 Å². The van der Waals surface area contributed by atoms with E-state index in [-0.39, 0.29) is 11.9 Å². The third-order valence-corrected chi connectivity index (χ3v) is 5.72. The summed E-state index contributed by atoms with van der Waals surface area (Å²) in [6.45, 7) is 5.78. The van der Waals surface area contributed by atoms with Crippen LogP contribution in [0, 0.1) is 0 Å². The van der Waals surface area contributed by atoms with Crippen LogP contribution in [0.4, 0.5) is 0 Å². The van der Waals surface area contributed by atoms with Gasteiger partial charge in [-0.05, 0) is 56.4 Å². The highest BCUT2D eigenvalue weighted by Gasteiger charge is 2.29. The first-order valence-corrected chi connectivity index (χ1v) is 9.45. The number of likely N-dealkylation sites (tertiary alicyclic amines) is 1. The molecule has 0 saturated carbocycles. The van der Waals surface area contributed by atoms with E-state index in [1.54, 1.807) is 0 Å². The first-order chi connectivity index (χ1) is 11.2. The lowest BCUT2D eigenvalue weighted by atomic mass is 9.98. The monoisotopic (exact) mass is 339 g/mol. The number of carbonyl (C=O) groups excluding carboxylic acids is 1. The minimum atomic E-state index is 0.191. The highest BCUT2D eigenvalue weighted by Crippen LogP contribution is 2.27.